The minimum Gasteiger partial charge on any atom is -0.339 e. The van der Waals surface area contributed by atoms with Gasteiger partial charge in [0, 0.05) is 51.5 Å². The van der Waals surface area contributed by atoms with Gasteiger partial charge >= 0.3 is 0 Å². The first-order chi connectivity index (χ1) is 9.13. The molecule has 1 saturated heterocycles. The van der Waals surface area contributed by atoms with Gasteiger partial charge in [-0.3, -0.25) is 4.79 Å². The van der Waals surface area contributed by atoms with Crippen LogP contribution in [0.3, 0.4) is 0 Å². The van der Waals surface area contributed by atoms with Crippen molar-refractivity contribution in [3.05, 3.63) is 12.4 Å². The van der Waals surface area contributed by atoms with Crippen LogP contribution in [-0.2, 0) is 11.8 Å². The van der Waals surface area contributed by atoms with Gasteiger partial charge in [-0.15, -0.1) is 0 Å². The zero-order chi connectivity index (χ0) is 13.8. The maximum absolute atomic E-state index is 12.2. The maximum atomic E-state index is 12.2. The van der Waals surface area contributed by atoms with Crippen molar-refractivity contribution >= 4 is 11.9 Å². The summed E-state index contributed by atoms with van der Waals surface area (Å²) in [5.74, 6) is 1.46. The van der Waals surface area contributed by atoms with Gasteiger partial charge in [0.25, 0.3) is 0 Å². The molecule has 2 heterocycles. The van der Waals surface area contributed by atoms with E-state index in [1.165, 1.54) is 0 Å². The van der Waals surface area contributed by atoms with Crippen LogP contribution in [0.5, 0.6) is 0 Å². The lowest BCUT2D eigenvalue weighted by Gasteiger charge is -2.36. The van der Waals surface area contributed by atoms with Crippen LogP contribution in [0.15, 0.2) is 12.4 Å². The lowest BCUT2D eigenvalue weighted by atomic mass is 10.0. The van der Waals surface area contributed by atoms with Crippen molar-refractivity contribution in [2.75, 3.05) is 31.1 Å². The van der Waals surface area contributed by atoms with E-state index in [4.69, 9.17) is 0 Å². The lowest BCUT2D eigenvalue weighted by Crippen LogP contribution is -2.50. The third kappa shape index (κ3) is 3.08. The van der Waals surface area contributed by atoms with Crippen molar-refractivity contribution in [3.8, 4) is 0 Å². The number of aryl methyl sites for hydroxylation is 1. The van der Waals surface area contributed by atoms with Crippen molar-refractivity contribution in [2.45, 2.75) is 26.7 Å². The average molecular weight is 264 g/mol. The molecule has 2 rings (SSSR count). The molecule has 5 heteroatoms. The predicted molar refractivity (Wildman–Crippen MR) is 76.1 cm³/mol. The smallest absolute Gasteiger partial charge is 0.225 e. The Kier molecular flexibility index (Phi) is 4.45. The van der Waals surface area contributed by atoms with Crippen LogP contribution >= 0.6 is 0 Å². The quantitative estimate of drug-likeness (QED) is 0.827. The van der Waals surface area contributed by atoms with Crippen molar-refractivity contribution < 1.29 is 4.79 Å². The number of nitrogens with zero attached hydrogens (tertiary/aromatic N) is 4. The summed E-state index contributed by atoms with van der Waals surface area (Å²) in [5, 5.41) is 0. The van der Waals surface area contributed by atoms with E-state index < -0.39 is 0 Å². The third-order valence-electron chi connectivity index (χ3n) is 3.81. The summed E-state index contributed by atoms with van der Waals surface area (Å²) < 4.78 is 2.02. The Balaban J connectivity index is 1.89. The summed E-state index contributed by atoms with van der Waals surface area (Å²) in [6.07, 6.45) is 5.82. The fourth-order valence-corrected chi connectivity index (χ4v) is 2.66. The molecule has 0 aromatic carbocycles. The highest BCUT2D eigenvalue weighted by molar-refractivity contribution is 5.78. The zero-order valence-electron chi connectivity index (χ0n) is 12.2. The van der Waals surface area contributed by atoms with E-state index in [0.29, 0.717) is 5.91 Å². The summed E-state index contributed by atoms with van der Waals surface area (Å²) in [6.45, 7) is 7.52. The van der Waals surface area contributed by atoms with Crippen molar-refractivity contribution in [1.82, 2.24) is 14.5 Å². The molecule has 0 bridgehead atoms. The van der Waals surface area contributed by atoms with Gasteiger partial charge in [-0.25, -0.2) is 4.98 Å². The Bertz CT molecular complexity index is 421. The molecule has 1 atom stereocenters. The van der Waals surface area contributed by atoms with E-state index in [1.54, 1.807) is 0 Å². The first-order valence-electron chi connectivity index (χ1n) is 7.14. The van der Waals surface area contributed by atoms with E-state index in [1.807, 2.05) is 35.8 Å². The molecule has 1 aliphatic rings. The zero-order valence-corrected chi connectivity index (χ0v) is 12.2. The van der Waals surface area contributed by atoms with Crippen LogP contribution in [0, 0.1) is 5.92 Å². The fraction of sp³-hybridized carbons (Fsp3) is 0.714. The molecule has 0 radical (unpaired) electrons. The number of aromatic nitrogens is 2. The Morgan fingerprint density at radius 2 is 2.05 bits per heavy atom. The second-order valence-electron chi connectivity index (χ2n) is 5.34. The first kappa shape index (κ1) is 13.9. The van der Waals surface area contributed by atoms with Crippen LogP contribution in [0.1, 0.15) is 26.7 Å². The highest BCUT2D eigenvalue weighted by Gasteiger charge is 2.25. The second-order valence-corrected chi connectivity index (χ2v) is 5.34. The van der Waals surface area contributed by atoms with Gasteiger partial charge in [0.2, 0.25) is 11.9 Å². The minimum atomic E-state index is 0.157. The molecule has 106 valence electrons. The average Bonchev–Trinajstić information content (AvgIpc) is 2.84. The number of carbonyl (C=O) groups is 1. The second kappa shape index (κ2) is 6.08. The molecule has 1 aromatic rings. The topological polar surface area (TPSA) is 41.4 Å². The van der Waals surface area contributed by atoms with Crippen molar-refractivity contribution in [2.24, 2.45) is 13.0 Å². The molecule has 1 aliphatic heterocycles. The molecule has 1 fully saturated rings. The van der Waals surface area contributed by atoms with Crippen molar-refractivity contribution in [1.29, 1.82) is 0 Å². The van der Waals surface area contributed by atoms with Crippen LogP contribution < -0.4 is 4.90 Å². The number of amides is 1. The minimum absolute atomic E-state index is 0.157. The summed E-state index contributed by atoms with van der Waals surface area (Å²) in [4.78, 5) is 20.8. The van der Waals surface area contributed by atoms with Crippen molar-refractivity contribution in [3.63, 3.8) is 0 Å². The predicted octanol–water partition coefficient (Wildman–Crippen LogP) is 1.50. The first-order valence-corrected chi connectivity index (χ1v) is 7.14. The molecule has 19 heavy (non-hydrogen) atoms. The number of rotatable bonds is 4. The molecular formula is C14H24N4O. The molecule has 1 aromatic heterocycles. The van der Waals surface area contributed by atoms with Gasteiger partial charge in [0.05, 0.1) is 0 Å². The summed E-state index contributed by atoms with van der Waals surface area (Å²) in [7, 11) is 2.00. The van der Waals surface area contributed by atoms with E-state index in [0.717, 1.165) is 45.0 Å². The Labute approximate surface area is 115 Å². The van der Waals surface area contributed by atoms with Gasteiger partial charge in [-0.2, -0.15) is 0 Å². The number of carbonyl (C=O) groups excluding carboxylic acids is 1. The van der Waals surface area contributed by atoms with Gasteiger partial charge in [0.1, 0.15) is 0 Å². The Hall–Kier alpha value is -1.52. The highest BCUT2D eigenvalue weighted by Crippen LogP contribution is 2.16. The fourth-order valence-electron chi connectivity index (χ4n) is 2.66. The Morgan fingerprint density at radius 3 is 2.58 bits per heavy atom. The molecule has 0 spiro atoms. The Morgan fingerprint density at radius 1 is 1.37 bits per heavy atom. The van der Waals surface area contributed by atoms with Gasteiger partial charge in [0.15, 0.2) is 0 Å². The number of anilines is 1. The van der Waals surface area contributed by atoms with Gasteiger partial charge in [-0.05, 0) is 6.42 Å². The van der Waals surface area contributed by atoms with Crippen LogP contribution in [0.2, 0.25) is 0 Å². The van der Waals surface area contributed by atoms with Gasteiger partial charge in [-0.1, -0.05) is 20.3 Å². The standard InChI is InChI=1S/C14H24N4O/c1-4-5-12(2)13(19)17-8-10-18(11-9-17)14-15-6-7-16(14)3/h6-7,12H,4-5,8-11H2,1-3H3. The molecule has 0 saturated carbocycles. The van der Waals surface area contributed by atoms with E-state index in [9.17, 15) is 4.79 Å². The third-order valence-corrected chi connectivity index (χ3v) is 3.81. The SMILES string of the molecule is CCCC(C)C(=O)N1CCN(c2nccn2C)CC1. The van der Waals surface area contributed by atoms with E-state index in [2.05, 4.69) is 16.8 Å². The van der Waals surface area contributed by atoms with E-state index in [-0.39, 0.29) is 5.92 Å². The molecule has 1 unspecified atom stereocenters. The van der Waals surface area contributed by atoms with Gasteiger partial charge < -0.3 is 14.4 Å². The number of hydrogen-bond donors (Lipinski definition) is 0. The number of piperazine rings is 1. The maximum Gasteiger partial charge on any atom is 0.225 e. The molecule has 5 nitrogen and oxygen atoms in total. The lowest BCUT2D eigenvalue weighted by molar-refractivity contribution is -0.135. The molecular weight excluding hydrogens is 240 g/mol. The number of hydrogen-bond acceptors (Lipinski definition) is 3. The molecule has 0 aliphatic carbocycles. The number of imidazole rings is 1. The highest BCUT2D eigenvalue weighted by atomic mass is 16.2. The summed E-state index contributed by atoms with van der Waals surface area (Å²) in [5.41, 5.74) is 0. The normalized spacial score (nSPS) is 17.6. The van der Waals surface area contributed by atoms with E-state index >= 15 is 0 Å². The summed E-state index contributed by atoms with van der Waals surface area (Å²) in [6, 6.07) is 0. The van der Waals surface area contributed by atoms with Crippen LogP contribution in [0.4, 0.5) is 5.95 Å². The van der Waals surface area contributed by atoms with Crippen LogP contribution in [-0.4, -0.2) is 46.5 Å². The molecule has 0 N–H and O–H groups in total. The molecule has 1 amide bonds. The monoisotopic (exact) mass is 264 g/mol. The van der Waals surface area contributed by atoms with Crippen LogP contribution in [0.25, 0.3) is 0 Å². The largest absolute Gasteiger partial charge is 0.339 e. The summed E-state index contributed by atoms with van der Waals surface area (Å²) >= 11 is 0.